The van der Waals surface area contributed by atoms with E-state index in [2.05, 4.69) is 15.6 Å². The number of fused-ring (bicyclic) bond motifs is 6. The van der Waals surface area contributed by atoms with Crippen molar-refractivity contribution in [3.63, 3.8) is 0 Å². The largest absolute Gasteiger partial charge is 0.508 e. The summed E-state index contributed by atoms with van der Waals surface area (Å²) in [5.41, 5.74) is 2.54. The lowest BCUT2D eigenvalue weighted by molar-refractivity contribution is -0.344. The van der Waals surface area contributed by atoms with Gasteiger partial charge in [-0.1, -0.05) is 48.9 Å². The van der Waals surface area contributed by atoms with Gasteiger partial charge in [0, 0.05) is 65.6 Å². The Morgan fingerprint density at radius 2 is 1.75 bits per heavy atom. The molecule has 19 nitrogen and oxygen atoms in total. The first kappa shape index (κ1) is 51.2. The number of aromatic nitrogens is 1. The molecule has 0 amide bonds. The fraction of sp³-hybridized carbons (Fsp3) is 0.404. The zero-order valence-electron chi connectivity index (χ0n) is 41.6. The molecule has 13 N–H and O–H groups in total. The molecule has 4 heterocycles. The van der Waals surface area contributed by atoms with E-state index in [-0.39, 0.29) is 52.1 Å². The Bertz CT molecular complexity index is 3250. The number of aryl methyl sites for hydroxylation is 1. The second-order valence-corrected chi connectivity index (χ2v) is 20.8. The molecule has 11 atom stereocenters. The second kappa shape index (κ2) is 19.9. The van der Waals surface area contributed by atoms with Crippen molar-refractivity contribution in [3.05, 3.63) is 141 Å². The Kier molecular flexibility index (Phi) is 13.4. The number of rotatable bonds is 15. The number of phenols is 2. The van der Waals surface area contributed by atoms with Crippen LogP contribution in [0.15, 0.2) is 112 Å². The van der Waals surface area contributed by atoms with Crippen LogP contribution in [0, 0.1) is 11.8 Å². The van der Waals surface area contributed by atoms with Crippen molar-refractivity contribution >= 4 is 22.8 Å². The van der Waals surface area contributed by atoms with Gasteiger partial charge in [-0.3, -0.25) is 10.1 Å². The molecule has 1 saturated carbocycles. The number of carbonyl (C=O) groups is 1. The van der Waals surface area contributed by atoms with Crippen LogP contribution in [0.5, 0.6) is 28.7 Å². The van der Waals surface area contributed by atoms with E-state index in [4.69, 9.17) is 29.1 Å². The number of carboxylic acid groups (broad SMARTS) is 1. The summed E-state index contributed by atoms with van der Waals surface area (Å²) in [7, 11) is 0. The molecule has 2 aliphatic heterocycles. The number of aromatic hydroxyl groups is 2. The number of hydrogen-bond acceptors (Lipinski definition) is 17. The second-order valence-electron chi connectivity index (χ2n) is 20.8. The van der Waals surface area contributed by atoms with Gasteiger partial charge in [-0.2, -0.15) is 0 Å². The van der Waals surface area contributed by atoms with Crippen LogP contribution in [0.1, 0.15) is 73.1 Å². The number of benzene rings is 4. The van der Waals surface area contributed by atoms with E-state index in [0.717, 1.165) is 29.5 Å². The van der Waals surface area contributed by atoms with Crippen molar-refractivity contribution in [1.82, 2.24) is 15.6 Å². The summed E-state index contributed by atoms with van der Waals surface area (Å²) in [4.78, 5) is 30.8. The van der Waals surface area contributed by atoms with Gasteiger partial charge in [0.25, 0.3) is 0 Å². The molecular formula is C57H62N4O15. The number of nitrogen functional groups attached to an aromatic ring is 1. The van der Waals surface area contributed by atoms with Crippen molar-refractivity contribution in [2.24, 2.45) is 11.8 Å². The minimum absolute atomic E-state index is 0.0270. The molecule has 3 fully saturated rings. The van der Waals surface area contributed by atoms with Gasteiger partial charge >= 0.3 is 5.97 Å². The van der Waals surface area contributed by atoms with Gasteiger partial charge in [-0.25, -0.2) is 4.79 Å². The van der Waals surface area contributed by atoms with Crippen LogP contribution in [0.3, 0.4) is 0 Å². The van der Waals surface area contributed by atoms with E-state index < -0.39 is 83.2 Å². The van der Waals surface area contributed by atoms with Crippen LogP contribution in [-0.4, -0.2) is 113 Å². The molecule has 4 aromatic carbocycles. The maximum absolute atomic E-state index is 14.5. The molecule has 76 heavy (non-hydrogen) atoms. The highest BCUT2D eigenvalue weighted by Gasteiger charge is 2.71. The van der Waals surface area contributed by atoms with Crippen LogP contribution in [0.4, 0.5) is 5.82 Å². The average Bonchev–Trinajstić information content (AvgIpc) is 4.18. The minimum atomic E-state index is -2.66. The van der Waals surface area contributed by atoms with E-state index in [1.807, 2.05) is 43.3 Å². The molecule has 3 aliphatic carbocycles. The molecule has 0 spiro atoms. The maximum atomic E-state index is 14.5. The number of nitrogens with one attached hydrogen (secondary N) is 3. The van der Waals surface area contributed by atoms with Crippen molar-refractivity contribution in [3.8, 4) is 40.1 Å². The van der Waals surface area contributed by atoms with E-state index in [0.29, 0.717) is 73.5 Å². The summed E-state index contributed by atoms with van der Waals surface area (Å²) in [5.74, 6) is -3.60. The quantitative estimate of drug-likeness (QED) is 0.0628. The molecule has 5 aliphatic rings. The van der Waals surface area contributed by atoms with Crippen LogP contribution < -0.4 is 36.0 Å². The lowest BCUT2D eigenvalue weighted by atomic mass is 9.59. The molecule has 2 bridgehead atoms. The molecule has 6 aromatic rings. The lowest BCUT2D eigenvalue weighted by Gasteiger charge is -2.58. The number of aliphatic carboxylic acids is 1. The Hall–Kier alpha value is -6.94. The number of phenolic OH excluding ortho intramolecular Hbond substituents is 2. The molecule has 2 aromatic heterocycles. The monoisotopic (exact) mass is 1040 g/mol. The first-order valence-electron chi connectivity index (χ1n) is 25.8. The first-order chi connectivity index (χ1) is 36.6. The highest BCUT2D eigenvalue weighted by Crippen LogP contribution is 2.58. The summed E-state index contributed by atoms with van der Waals surface area (Å²) in [5, 5.41) is 100. The third-order valence-corrected chi connectivity index (χ3v) is 16.3. The van der Waals surface area contributed by atoms with Crippen molar-refractivity contribution in [1.29, 1.82) is 0 Å². The number of hydrogen-bond donors (Lipinski definition) is 12. The van der Waals surface area contributed by atoms with Crippen molar-refractivity contribution in [2.75, 3.05) is 25.6 Å². The number of nitrogens with two attached hydrogens (primary N) is 1. The zero-order valence-corrected chi connectivity index (χ0v) is 41.6. The van der Waals surface area contributed by atoms with Gasteiger partial charge in [0.2, 0.25) is 12.0 Å². The van der Waals surface area contributed by atoms with E-state index in [9.17, 15) is 50.4 Å². The number of anilines is 1. The minimum Gasteiger partial charge on any atom is -0.508 e. The highest BCUT2D eigenvalue weighted by molar-refractivity contribution is 5.90. The van der Waals surface area contributed by atoms with E-state index in [1.165, 1.54) is 18.2 Å². The smallest absolute Gasteiger partial charge is 0.336 e. The molecule has 0 radical (unpaired) electrons. The van der Waals surface area contributed by atoms with E-state index in [1.54, 1.807) is 42.5 Å². The number of aromatic amines is 1. The third kappa shape index (κ3) is 8.64. The number of aliphatic hydroxyl groups is 5. The maximum Gasteiger partial charge on any atom is 0.336 e. The third-order valence-electron chi connectivity index (χ3n) is 16.3. The molecular weight excluding hydrogens is 981 g/mol. The Labute approximate surface area is 436 Å². The van der Waals surface area contributed by atoms with Crippen molar-refractivity contribution < 1.29 is 69.0 Å². The van der Waals surface area contributed by atoms with Gasteiger partial charge in [0.15, 0.2) is 34.7 Å². The number of carboxylic acids is 1. The normalized spacial score (nSPS) is 28.7. The van der Waals surface area contributed by atoms with Crippen molar-refractivity contribution in [2.45, 2.75) is 112 Å². The zero-order chi connectivity index (χ0) is 53.3. The Morgan fingerprint density at radius 3 is 2.45 bits per heavy atom. The molecule has 19 heteroatoms. The topological polar surface area (TPSA) is 312 Å². The Morgan fingerprint density at radius 1 is 0.974 bits per heavy atom. The van der Waals surface area contributed by atoms with Gasteiger partial charge in [-0.05, 0) is 111 Å². The van der Waals surface area contributed by atoms with E-state index >= 15 is 0 Å². The predicted molar refractivity (Wildman–Crippen MR) is 276 cm³/mol. The lowest BCUT2D eigenvalue weighted by Crippen LogP contribution is -2.79. The molecule has 400 valence electrons. The van der Waals surface area contributed by atoms with Gasteiger partial charge in [0.1, 0.15) is 57.5 Å². The van der Waals surface area contributed by atoms with Crippen LogP contribution >= 0.6 is 0 Å². The number of H-pyrrole nitrogens is 1. The Balaban J connectivity index is 1.05. The van der Waals surface area contributed by atoms with Crippen LogP contribution in [-0.2, 0) is 34.4 Å². The average molecular weight is 1040 g/mol. The van der Waals surface area contributed by atoms with Crippen LogP contribution in [0.2, 0.25) is 0 Å². The number of aliphatic hydroxyl groups excluding tert-OH is 3. The molecule has 11 unspecified atom stereocenters. The first-order valence-corrected chi connectivity index (χ1v) is 25.8. The van der Waals surface area contributed by atoms with Gasteiger partial charge < -0.3 is 80.3 Å². The summed E-state index contributed by atoms with van der Waals surface area (Å²) in [6.45, 7) is 2.05. The SMILES string of the molecule is CCc1cc(O)c2c(c1)C1(Oc3c(OC4OC(C(=O)O)C5(O)C(C6CNCN6)C(Cc6ccccc6)=CC4(O)C5O)cc4oc(-c5ccc(OC(CO)C(O)c6ccc(N)[nH]6)cc5)cc(=O)c4c3O)CCCC1CCC2. The van der Waals surface area contributed by atoms with Crippen LogP contribution in [0.25, 0.3) is 22.3 Å². The summed E-state index contributed by atoms with van der Waals surface area (Å²) >= 11 is 0. The summed E-state index contributed by atoms with van der Waals surface area (Å²) < 4.78 is 32.4. The fourth-order valence-corrected chi connectivity index (χ4v) is 12.7. The van der Waals surface area contributed by atoms with Gasteiger partial charge in [0.05, 0.1) is 6.61 Å². The molecule has 11 rings (SSSR count). The number of ether oxygens (including phenoxy) is 4. The summed E-state index contributed by atoms with van der Waals surface area (Å²) in [6, 6.07) is 24.2. The summed E-state index contributed by atoms with van der Waals surface area (Å²) in [6.07, 6.45) is -2.93. The fourth-order valence-electron chi connectivity index (χ4n) is 12.7. The van der Waals surface area contributed by atoms with Gasteiger partial charge in [-0.15, -0.1) is 0 Å². The highest BCUT2D eigenvalue weighted by atomic mass is 16.7. The molecule has 2 saturated heterocycles. The predicted octanol–water partition coefficient (Wildman–Crippen LogP) is 4.56. The standard InChI is InChI=1S/C57H62N4O15/c1-2-29-21-36-35(39(63)22-29)12-6-10-33-11-7-19-56(33,36)76-50-43(24-42-46(49(50)66)40(64)23-41(73-42)31-13-15-34(16-14-31)72-44(27-62)48(65)37-17-18-45(58)61-37)74-54-55(70)25-32(20-30-8-4-3-5-9-30)47(38-26-59-28-60-38)57(71,53(55)69)51(75-54)52(67)68/h3-5,8-9,13-18,21-25,33,38,44,47-48,51,53-54,59-63,65-66,69-71H,2,6-7,10-12,19-20,26-28,58H2,1H3,(H,67,68).